The van der Waals surface area contributed by atoms with Gasteiger partial charge in [-0.15, -0.1) is 0 Å². The van der Waals surface area contributed by atoms with Crippen LogP contribution in [-0.2, 0) is 0 Å². The molecule has 3 rings (SSSR count). The molecule has 2 N–H and O–H groups in total. The van der Waals surface area contributed by atoms with E-state index < -0.39 is 11.9 Å². The third kappa shape index (κ3) is 2.73. The fraction of sp³-hybridized carbons (Fsp3) is 0.176. The lowest BCUT2D eigenvalue weighted by Gasteiger charge is -2.17. The largest absolute Gasteiger partial charge is 0.321 e. The first kappa shape index (κ1) is 15.6. The first-order valence-corrected chi connectivity index (χ1v) is 7.63. The molecule has 1 aromatic heterocycles. The number of rotatable bonds is 3. The maximum absolute atomic E-state index is 13.6. The van der Waals surface area contributed by atoms with Crippen molar-refractivity contribution >= 4 is 22.5 Å². The summed E-state index contributed by atoms with van der Waals surface area (Å²) in [6.07, 6.45) is 0.591. The first-order valence-electron chi connectivity index (χ1n) is 7.25. The van der Waals surface area contributed by atoms with Gasteiger partial charge < -0.3 is 5.73 Å². The van der Waals surface area contributed by atoms with Gasteiger partial charge in [-0.1, -0.05) is 30.7 Å². The van der Waals surface area contributed by atoms with Crippen molar-refractivity contribution < 1.29 is 4.39 Å². The Hall–Kier alpha value is -2.24. The molecule has 4 nitrogen and oxygen atoms in total. The number of hydrogen-bond acceptors (Lipinski definition) is 3. The minimum Gasteiger partial charge on any atom is -0.321 e. The highest BCUT2D eigenvalue weighted by Gasteiger charge is 2.18. The molecule has 0 radical (unpaired) electrons. The Bertz CT molecular complexity index is 939. The van der Waals surface area contributed by atoms with E-state index in [1.165, 1.54) is 22.8 Å². The summed E-state index contributed by atoms with van der Waals surface area (Å²) in [4.78, 5) is 17.5. The van der Waals surface area contributed by atoms with Crippen LogP contribution in [-0.4, -0.2) is 9.55 Å². The average Bonchev–Trinajstić information content (AvgIpc) is 2.53. The van der Waals surface area contributed by atoms with E-state index in [2.05, 4.69) is 4.98 Å². The third-order valence-electron chi connectivity index (χ3n) is 3.71. The van der Waals surface area contributed by atoms with E-state index in [0.717, 1.165) is 0 Å². The second-order valence-electron chi connectivity index (χ2n) is 5.24. The van der Waals surface area contributed by atoms with Gasteiger partial charge in [-0.25, -0.2) is 9.37 Å². The summed E-state index contributed by atoms with van der Waals surface area (Å²) < 4.78 is 14.9. The normalized spacial score (nSPS) is 12.5. The Morgan fingerprint density at radius 2 is 2.04 bits per heavy atom. The van der Waals surface area contributed by atoms with Crippen LogP contribution >= 0.6 is 11.6 Å². The van der Waals surface area contributed by atoms with Crippen LogP contribution in [0.3, 0.4) is 0 Å². The van der Waals surface area contributed by atoms with E-state index >= 15 is 0 Å². The number of nitrogens with two attached hydrogens (primary N) is 1. The number of nitrogens with zero attached hydrogens (tertiary/aromatic N) is 2. The quantitative estimate of drug-likeness (QED) is 0.797. The molecule has 6 heteroatoms. The average molecular weight is 332 g/mol. The predicted molar refractivity (Wildman–Crippen MR) is 89.5 cm³/mol. The van der Waals surface area contributed by atoms with Crippen LogP contribution in [0.25, 0.3) is 16.6 Å². The monoisotopic (exact) mass is 331 g/mol. The Morgan fingerprint density at radius 3 is 2.74 bits per heavy atom. The van der Waals surface area contributed by atoms with Gasteiger partial charge in [-0.05, 0) is 36.8 Å². The van der Waals surface area contributed by atoms with Crippen molar-refractivity contribution in [1.82, 2.24) is 9.55 Å². The molecule has 1 unspecified atom stereocenters. The van der Waals surface area contributed by atoms with E-state index in [0.29, 0.717) is 33.9 Å². The zero-order valence-electron chi connectivity index (χ0n) is 12.5. The molecule has 0 saturated carbocycles. The SMILES string of the molecule is CCC(N)c1nc2cccc(Cl)c2c(=O)n1-c1cccc(F)c1. The maximum atomic E-state index is 13.6. The smallest absolute Gasteiger partial charge is 0.267 e. The maximum Gasteiger partial charge on any atom is 0.267 e. The van der Waals surface area contributed by atoms with E-state index in [-0.39, 0.29) is 5.56 Å². The zero-order chi connectivity index (χ0) is 16.6. The van der Waals surface area contributed by atoms with Crippen molar-refractivity contribution in [3.05, 3.63) is 69.5 Å². The lowest BCUT2D eigenvalue weighted by molar-refractivity contribution is 0.612. The highest BCUT2D eigenvalue weighted by molar-refractivity contribution is 6.35. The van der Waals surface area contributed by atoms with Crippen LogP contribution in [0.5, 0.6) is 0 Å². The molecule has 3 aromatic rings. The number of benzene rings is 2. The van der Waals surface area contributed by atoms with Crippen LogP contribution in [0.15, 0.2) is 47.3 Å². The highest BCUT2D eigenvalue weighted by atomic mass is 35.5. The van der Waals surface area contributed by atoms with E-state index in [1.54, 1.807) is 24.3 Å². The summed E-state index contributed by atoms with van der Waals surface area (Å²) in [5, 5.41) is 0.604. The van der Waals surface area contributed by atoms with E-state index in [9.17, 15) is 9.18 Å². The van der Waals surface area contributed by atoms with Crippen LogP contribution in [0, 0.1) is 5.82 Å². The summed E-state index contributed by atoms with van der Waals surface area (Å²) in [6, 6.07) is 10.4. The predicted octanol–water partition coefficient (Wildman–Crippen LogP) is 3.59. The van der Waals surface area contributed by atoms with Gasteiger partial charge in [0.25, 0.3) is 5.56 Å². The molecule has 1 heterocycles. The summed E-state index contributed by atoms with van der Waals surface area (Å²) >= 11 is 6.16. The minimum absolute atomic E-state index is 0.297. The van der Waals surface area contributed by atoms with Crippen LogP contribution in [0.1, 0.15) is 25.2 Å². The fourth-order valence-corrected chi connectivity index (χ4v) is 2.75. The Morgan fingerprint density at radius 1 is 1.30 bits per heavy atom. The van der Waals surface area contributed by atoms with Crippen LogP contribution < -0.4 is 11.3 Å². The minimum atomic E-state index is -0.450. The van der Waals surface area contributed by atoms with Gasteiger partial charge in [-0.3, -0.25) is 9.36 Å². The lowest BCUT2D eigenvalue weighted by Crippen LogP contribution is -2.28. The van der Waals surface area contributed by atoms with Crippen LogP contribution in [0.4, 0.5) is 4.39 Å². The van der Waals surface area contributed by atoms with Gasteiger partial charge in [0.1, 0.15) is 11.6 Å². The fourth-order valence-electron chi connectivity index (χ4n) is 2.50. The molecular weight excluding hydrogens is 317 g/mol. The van der Waals surface area contributed by atoms with Crippen molar-refractivity contribution in [2.45, 2.75) is 19.4 Å². The molecule has 0 saturated heterocycles. The third-order valence-corrected chi connectivity index (χ3v) is 4.03. The van der Waals surface area contributed by atoms with Gasteiger partial charge in [0, 0.05) is 0 Å². The topological polar surface area (TPSA) is 60.9 Å². The van der Waals surface area contributed by atoms with E-state index in [4.69, 9.17) is 17.3 Å². The first-order chi connectivity index (χ1) is 11.0. The molecule has 2 aromatic carbocycles. The van der Waals surface area contributed by atoms with Crippen molar-refractivity contribution in [1.29, 1.82) is 0 Å². The summed E-state index contributed by atoms with van der Waals surface area (Å²) in [7, 11) is 0. The second kappa shape index (κ2) is 6.10. The molecule has 118 valence electrons. The summed E-state index contributed by atoms with van der Waals surface area (Å²) in [6.45, 7) is 1.90. The zero-order valence-corrected chi connectivity index (χ0v) is 13.2. The highest BCUT2D eigenvalue weighted by Crippen LogP contribution is 2.23. The van der Waals surface area contributed by atoms with E-state index in [1.807, 2.05) is 6.92 Å². The molecule has 1 atom stereocenters. The molecule has 0 aliphatic rings. The summed E-state index contributed by atoms with van der Waals surface area (Å²) in [5.41, 5.74) is 6.62. The van der Waals surface area contributed by atoms with Crippen molar-refractivity contribution in [3.8, 4) is 5.69 Å². The standard InChI is InChI=1S/C17H15ClFN3O/c1-2-13(20)16-21-14-8-4-7-12(18)15(14)17(23)22(16)11-6-3-5-10(19)9-11/h3-9,13H,2,20H2,1H3. The number of aromatic nitrogens is 2. The molecule has 0 aliphatic heterocycles. The molecule has 0 bridgehead atoms. The summed E-state index contributed by atoms with van der Waals surface area (Å²) in [5.74, 6) is -0.0532. The van der Waals surface area contributed by atoms with Gasteiger partial charge in [-0.2, -0.15) is 0 Å². The number of halogens is 2. The molecule has 23 heavy (non-hydrogen) atoms. The molecule has 0 amide bonds. The number of fused-ring (bicyclic) bond motifs is 1. The van der Waals surface area contributed by atoms with Crippen molar-refractivity contribution in [2.24, 2.45) is 5.73 Å². The Balaban J connectivity index is 2.44. The molecule has 0 spiro atoms. The molecule has 0 aliphatic carbocycles. The van der Waals surface area contributed by atoms with Gasteiger partial charge in [0.2, 0.25) is 0 Å². The number of hydrogen-bond donors (Lipinski definition) is 1. The van der Waals surface area contributed by atoms with Gasteiger partial charge in [0.05, 0.1) is 27.7 Å². The van der Waals surface area contributed by atoms with Gasteiger partial charge in [0.15, 0.2) is 0 Å². The second-order valence-corrected chi connectivity index (χ2v) is 5.65. The van der Waals surface area contributed by atoms with Crippen molar-refractivity contribution in [2.75, 3.05) is 0 Å². The van der Waals surface area contributed by atoms with Gasteiger partial charge >= 0.3 is 0 Å². The Kier molecular flexibility index (Phi) is 4.15. The molecular formula is C17H15ClFN3O. The van der Waals surface area contributed by atoms with Crippen molar-refractivity contribution in [3.63, 3.8) is 0 Å². The molecule has 0 fully saturated rings. The van der Waals surface area contributed by atoms with Crippen LogP contribution in [0.2, 0.25) is 5.02 Å². The Labute approximate surface area is 137 Å². The lowest BCUT2D eigenvalue weighted by atomic mass is 10.1.